The molecule has 1 amide bonds. The Bertz CT molecular complexity index is 1480. The van der Waals surface area contributed by atoms with Crippen LogP contribution in [0, 0.1) is 13.8 Å². The van der Waals surface area contributed by atoms with E-state index in [2.05, 4.69) is 16.9 Å². The van der Waals surface area contributed by atoms with Crippen LogP contribution in [0.3, 0.4) is 0 Å². The van der Waals surface area contributed by atoms with E-state index in [0.29, 0.717) is 47.2 Å². The predicted octanol–water partition coefficient (Wildman–Crippen LogP) is 3.83. The fraction of sp³-hybridized carbons (Fsp3) is 0.333. The molecule has 1 fully saturated rings. The third kappa shape index (κ3) is 3.92. The molecular weight excluding hydrogens is 478 g/mol. The van der Waals surface area contributed by atoms with Crippen LogP contribution in [-0.2, 0) is 16.6 Å². The van der Waals surface area contributed by atoms with Crippen LogP contribution in [0.1, 0.15) is 46.4 Å². The minimum absolute atomic E-state index is 0.0773. The Morgan fingerprint density at radius 1 is 1.32 bits per heavy atom. The van der Waals surface area contributed by atoms with E-state index < -0.39 is 20.7 Å². The second kappa shape index (κ2) is 8.63. The zero-order valence-corrected chi connectivity index (χ0v) is 20.8. The number of halogens is 1. The zero-order valence-electron chi connectivity index (χ0n) is 19.2. The quantitative estimate of drug-likeness (QED) is 0.454. The molecule has 34 heavy (non-hydrogen) atoms. The lowest BCUT2D eigenvalue weighted by molar-refractivity contribution is 0.0952. The van der Waals surface area contributed by atoms with Crippen molar-refractivity contribution in [3.05, 3.63) is 74.8 Å². The van der Waals surface area contributed by atoms with Crippen molar-refractivity contribution in [3.8, 4) is 5.75 Å². The van der Waals surface area contributed by atoms with Crippen LogP contribution in [-0.4, -0.2) is 35.1 Å². The number of hydrogen-bond donors (Lipinski definition) is 2. The van der Waals surface area contributed by atoms with Crippen LogP contribution in [0.2, 0.25) is 5.02 Å². The first kappa shape index (κ1) is 24.1. The van der Waals surface area contributed by atoms with E-state index in [1.807, 2.05) is 0 Å². The van der Waals surface area contributed by atoms with E-state index in [-0.39, 0.29) is 28.3 Å². The molecule has 2 heterocycles. The molecule has 2 aromatic heterocycles. The summed E-state index contributed by atoms with van der Waals surface area (Å²) in [5, 5.41) is 3.46. The fourth-order valence-corrected chi connectivity index (χ4v) is 6.62. The van der Waals surface area contributed by atoms with Gasteiger partial charge in [-0.05, 0) is 56.9 Å². The van der Waals surface area contributed by atoms with Crippen molar-refractivity contribution in [1.29, 1.82) is 0 Å². The maximum Gasteiger partial charge on any atom is 0.256 e. The second-order valence-corrected chi connectivity index (χ2v) is 11.3. The Morgan fingerprint density at radius 2 is 2.03 bits per heavy atom. The largest absolute Gasteiger partial charge is 0.496 e. The molecule has 1 aliphatic rings. The van der Waals surface area contributed by atoms with E-state index in [9.17, 15) is 18.0 Å². The standard InChI is InChI=1S/C24H26ClN3O5S/c1-5-6-24(7-8-24)34(31,32)28-13-14(2)21-17(10-16(25)11-19(21)28)22(29)26-12-18-20(33-4)9-15(3)27-23(18)30/h5,9-11,13H,1,6-8,12H2,2-4H3,(H,26,29)(H,27,30). The lowest BCUT2D eigenvalue weighted by Crippen LogP contribution is -2.29. The minimum atomic E-state index is -3.74. The summed E-state index contributed by atoms with van der Waals surface area (Å²) in [6, 6.07) is 4.72. The van der Waals surface area contributed by atoms with Crippen molar-refractivity contribution in [2.45, 2.75) is 44.4 Å². The summed E-state index contributed by atoms with van der Waals surface area (Å²) in [5.41, 5.74) is 1.74. The molecule has 0 aliphatic heterocycles. The molecule has 0 bridgehead atoms. The summed E-state index contributed by atoms with van der Waals surface area (Å²) in [4.78, 5) is 28.3. The van der Waals surface area contributed by atoms with Gasteiger partial charge < -0.3 is 15.0 Å². The summed E-state index contributed by atoms with van der Waals surface area (Å²) in [6.07, 6.45) is 4.62. The molecule has 4 rings (SSSR count). The van der Waals surface area contributed by atoms with Crippen LogP contribution in [0.15, 0.2) is 41.8 Å². The number of H-pyrrole nitrogens is 1. The Hall–Kier alpha value is -3.04. The number of hydrogen-bond acceptors (Lipinski definition) is 5. The van der Waals surface area contributed by atoms with Gasteiger partial charge in [-0.25, -0.2) is 12.4 Å². The van der Waals surface area contributed by atoms with Crippen molar-refractivity contribution in [2.24, 2.45) is 0 Å². The van der Waals surface area contributed by atoms with Crippen LogP contribution in [0.25, 0.3) is 10.9 Å². The van der Waals surface area contributed by atoms with Gasteiger partial charge in [-0.3, -0.25) is 9.59 Å². The molecule has 0 unspecified atom stereocenters. The molecule has 3 aromatic rings. The first-order valence-electron chi connectivity index (χ1n) is 10.8. The highest BCUT2D eigenvalue weighted by atomic mass is 35.5. The number of fused-ring (bicyclic) bond motifs is 1. The highest BCUT2D eigenvalue weighted by Crippen LogP contribution is 2.48. The Kier molecular flexibility index (Phi) is 6.12. The number of nitrogens with zero attached hydrogens (tertiary/aromatic N) is 1. The molecule has 1 aliphatic carbocycles. The SMILES string of the molecule is C=CCC1(S(=O)(=O)n2cc(C)c3c(C(=O)NCc4c(OC)cc(C)[nH]c4=O)cc(Cl)cc32)CC1. The van der Waals surface area contributed by atoms with Crippen LogP contribution < -0.4 is 15.6 Å². The number of carbonyl (C=O) groups is 1. The molecule has 0 radical (unpaired) electrons. The number of rotatable bonds is 8. The number of aromatic amines is 1. The summed E-state index contributed by atoms with van der Waals surface area (Å²) < 4.78 is 32.6. The molecule has 1 aromatic carbocycles. The van der Waals surface area contributed by atoms with Crippen molar-refractivity contribution in [3.63, 3.8) is 0 Å². The summed E-state index contributed by atoms with van der Waals surface area (Å²) in [7, 11) is -2.29. The van der Waals surface area contributed by atoms with E-state index >= 15 is 0 Å². The number of methoxy groups -OCH3 is 1. The van der Waals surface area contributed by atoms with Gasteiger partial charge >= 0.3 is 0 Å². The number of allylic oxidation sites excluding steroid dienone is 1. The summed E-state index contributed by atoms with van der Waals surface area (Å²) in [6.45, 7) is 7.11. The average molecular weight is 504 g/mol. The van der Waals surface area contributed by atoms with Gasteiger partial charge in [-0.1, -0.05) is 17.7 Å². The highest BCUT2D eigenvalue weighted by molar-refractivity contribution is 7.91. The number of ether oxygens (including phenoxy) is 1. The maximum atomic E-state index is 13.5. The molecule has 0 saturated heterocycles. The maximum absolute atomic E-state index is 13.5. The lowest BCUT2D eigenvalue weighted by Gasteiger charge is -2.16. The number of amides is 1. The first-order valence-corrected chi connectivity index (χ1v) is 12.6. The van der Waals surface area contributed by atoms with E-state index in [1.165, 1.54) is 23.3 Å². The fourth-order valence-electron chi connectivity index (χ4n) is 4.35. The zero-order chi connectivity index (χ0) is 24.8. The second-order valence-electron chi connectivity index (χ2n) is 8.65. The highest BCUT2D eigenvalue weighted by Gasteiger charge is 2.54. The monoisotopic (exact) mass is 503 g/mol. The number of aromatic nitrogens is 2. The normalized spacial score (nSPS) is 14.7. The van der Waals surface area contributed by atoms with E-state index in [4.69, 9.17) is 16.3 Å². The van der Waals surface area contributed by atoms with Gasteiger partial charge in [0.15, 0.2) is 0 Å². The molecular formula is C24H26ClN3O5S. The summed E-state index contributed by atoms with van der Waals surface area (Å²) >= 11 is 6.32. The van der Waals surface area contributed by atoms with Gasteiger partial charge in [0, 0.05) is 22.3 Å². The summed E-state index contributed by atoms with van der Waals surface area (Å²) in [5.74, 6) is -0.122. The molecule has 10 heteroatoms. The molecule has 180 valence electrons. The van der Waals surface area contributed by atoms with Gasteiger partial charge in [-0.2, -0.15) is 0 Å². The van der Waals surface area contributed by atoms with Crippen LogP contribution in [0.5, 0.6) is 5.75 Å². The third-order valence-corrected chi connectivity index (χ3v) is 8.98. The Labute approximate surface area is 202 Å². The van der Waals surface area contributed by atoms with Gasteiger partial charge in [0.05, 0.1) is 35.0 Å². The third-order valence-electron chi connectivity index (χ3n) is 6.28. The molecule has 0 atom stereocenters. The van der Waals surface area contributed by atoms with Gasteiger partial charge in [-0.15, -0.1) is 6.58 Å². The van der Waals surface area contributed by atoms with Crippen molar-refractivity contribution >= 4 is 38.4 Å². The number of pyridine rings is 1. The van der Waals surface area contributed by atoms with Gasteiger partial charge in [0.1, 0.15) is 5.75 Å². The topological polar surface area (TPSA) is 110 Å². The number of nitrogens with one attached hydrogen (secondary N) is 2. The van der Waals surface area contributed by atoms with Crippen LogP contribution in [0.4, 0.5) is 0 Å². The molecule has 2 N–H and O–H groups in total. The number of benzene rings is 1. The van der Waals surface area contributed by atoms with Crippen LogP contribution >= 0.6 is 11.6 Å². The smallest absolute Gasteiger partial charge is 0.256 e. The van der Waals surface area contributed by atoms with Crippen molar-refractivity contribution in [1.82, 2.24) is 14.3 Å². The molecule has 0 spiro atoms. The van der Waals surface area contributed by atoms with Gasteiger partial charge in [0.25, 0.3) is 11.5 Å². The van der Waals surface area contributed by atoms with E-state index in [0.717, 1.165) is 0 Å². The number of aryl methyl sites for hydroxylation is 2. The van der Waals surface area contributed by atoms with Crippen molar-refractivity contribution < 1.29 is 17.9 Å². The van der Waals surface area contributed by atoms with E-state index in [1.54, 1.807) is 32.1 Å². The average Bonchev–Trinajstić information content (AvgIpc) is 3.49. The number of carbonyl (C=O) groups excluding carboxylic acids is 1. The van der Waals surface area contributed by atoms with Crippen molar-refractivity contribution in [2.75, 3.05) is 7.11 Å². The Balaban J connectivity index is 1.75. The minimum Gasteiger partial charge on any atom is -0.496 e. The predicted molar refractivity (Wildman–Crippen MR) is 132 cm³/mol. The Morgan fingerprint density at radius 3 is 2.65 bits per heavy atom. The molecule has 1 saturated carbocycles. The lowest BCUT2D eigenvalue weighted by atomic mass is 10.1. The first-order chi connectivity index (χ1) is 16.0. The molecule has 8 nitrogen and oxygen atoms in total. The van der Waals surface area contributed by atoms with Gasteiger partial charge in [0.2, 0.25) is 10.0 Å².